The van der Waals surface area contributed by atoms with E-state index in [2.05, 4.69) is 59.7 Å². The number of ether oxygens (including phenoxy) is 1. The Labute approximate surface area is 170 Å². The molecule has 1 saturated heterocycles. The van der Waals surface area contributed by atoms with Crippen molar-refractivity contribution in [2.75, 3.05) is 39.4 Å². The molecule has 2 aliphatic heterocycles. The molecule has 0 spiro atoms. The zero-order valence-corrected chi connectivity index (χ0v) is 17.5. The Bertz CT molecular complexity index is 662. The summed E-state index contributed by atoms with van der Waals surface area (Å²) in [5.41, 5.74) is 4.25. The lowest BCUT2D eigenvalue weighted by molar-refractivity contribution is 0.153. The minimum Gasteiger partial charge on any atom is -0.377 e. The summed E-state index contributed by atoms with van der Waals surface area (Å²) in [5, 5.41) is 7.06. The van der Waals surface area contributed by atoms with E-state index in [4.69, 9.17) is 9.73 Å². The summed E-state index contributed by atoms with van der Waals surface area (Å²) in [6.45, 7) is 11.0. The summed E-state index contributed by atoms with van der Waals surface area (Å²) in [5.74, 6) is 0.965. The van der Waals surface area contributed by atoms with Gasteiger partial charge in [-0.15, -0.1) is 0 Å². The monoisotopic (exact) mass is 384 g/mol. The molecule has 1 aromatic carbocycles. The first-order valence-electron chi connectivity index (χ1n) is 10.8. The summed E-state index contributed by atoms with van der Waals surface area (Å²) in [6, 6.07) is 9.37. The van der Waals surface area contributed by atoms with Crippen molar-refractivity contribution in [2.24, 2.45) is 4.99 Å². The third-order valence-electron chi connectivity index (χ3n) is 5.52. The van der Waals surface area contributed by atoms with Crippen molar-refractivity contribution in [1.82, 2.24) is 15.5 Å². The van der Waals surface area contributed by atoms with Gasteiger partial charge < -0.3 is 15.4 Å². The first-order chi connectivity index (χ1) is 13.7. The number of aryl methyl sites for hydroxylation is 1. The molecule has 0 radical (unpaired) electrons. The average Bonchev–Trinajstić information content (AvgIpc) is 2.70. The number of aliphatic imine (C=N–C) groups is 1. The Morgan fingerprint density at radius 2 is 2.14 bits per heavy atom. The number of guanidine groups is 1. The predicted molar refractivity (Wildman–Crippen MR) is 117 cm³/mol. The zero-order valence-electron chi connectivity index (χ0n) is 17.5. The molecule has 2 aliphatic rings. The highest BCUT2D eigenvalue weighted by Gasteiger charge is 2.20. The molecule has 1 aromatic rings. The smallest absolute Gasteiger partial charge is 0.191 e. The van der Waals surface area contributed by atoms with Crippen molar-refractivity contribution in [1.29, 1.82) is 0 Å². The van der Waals surface area contributed by atoms with Crippen LogP contribution in [0.1, 0.15) is 43.7 Å². The molecule has 0 aromatic heterocycles. The van der Waals surface area contributed by atoms with Gasteiger partial charge in [0.05, 0.1) is 13.2 Å². The zero-order chi connectivity index (χ0) is 19.6. The Hall–Kier alpha value is -1.85. The highest BCUT2D eigenvalue weighted by molar-refractivity contribution is 5.80. The Balaban J connectivity index is 1.42. The second-order valence-electron chi connectivity index (χ2n) is 7.88. The fourth-order valence-corrected chi connectivity index (χ4v) is 3.92. The van der Waals surface area contributed by atoms with Gasteiger partial charge in [0.25, 0.3) is 0 Å². The van der Waals surface area contributed by atoms with Gasteiger partial charge in [-0.05, 0) is 45.1 Å². The Morgan fingerprint density at radius 3 is 2.86 bits per heavy atom. The third kappa shape index (κ3) is 6.95. The molecule has 0 amide bonds. The maximum atomic E-state index is 5.38. The lowest BCUT2D eigenvalue weighted by Gasteiger charge is -2.33. The highest BCUT2D eigenvalue weighted by atomic mass is 16.5. The molecule has 0 aliphatic carbocycles. The number of likely N-dealkylation sites (tertiary alicyclic amines) is 1. The molecule has 2 N–H and O–H groups in total. The molecule has 0 unspecified atom stereocenters. The van der Waals surface area contributed by atoms with Gasteiger partial charge in [0.1, 0.15) is 0 Å². The number of hydrogen-bond donors (Lipinski definition) is 2. The maximum Gasteiger partial charge on any atom is 0.191 e. The molecule has 154 valence electrons. The van der Waals surface area contributed by atoms with Crippen LogP contribution in [0.15, 0.2) is 40.9 Å². The Morgan fingerprint density at radius 1 is 1.29 bits per heavy atom. The normalized spacial score (nSPS) is 19.4. The fraction of sp³-hybridized carbons (Fsp3) is 0.609. The van der Waals surface area contributed by atoms with Crippen molar-refractivity contribution in [2.45, 2.75) is 52.1 Å². The van der Waals surface area contributed by atoms with Crippen molar-refractivity contribution in [3.63, 3.8) is 0 Å². The average molecular weight is 385 g/mol. The standard InChI is InChI=1S/C23H36N4O/c1-3-24-23(25-12-7-20-10-15-28-16-11-20)26-22-8-13-27(14-9-22)18-21-6-4-5-19(2)17-21/h4-6,10,17,22H,3,7-9,11-16,18H2,1-2H3,(H2,24,25,26). The molecule has 0 saturated carbocycles. The van der Waals surface area contributed by atoms with Gasteiger partial charge in [0, 0.05) is 38.8 Å². The topological polar surface area (TPSA) is 48.9 Å². The first kappa shape index (κ1) is 20.9. The van der Waals surface area contributed by atoms with E-state index in [9.17, 15) is 0 Å². The number of nitrogens with zero attached hydrogens (tertiary/aromatic N) is 2. The van der Waals surface area contributed by atoms with Crippen LogP contribution >= 0.6 is 0 Å². The summed E-state index contributed by atoms with van der Waals surface area (Å²) in [4.78, 5) is 7.36. The minimum atomic E-state index is 0.508. The van der Waals surface area contributed by atoms with E-state index in [-0.39, 0.29) is 0 Å². The van der Waals surface area contributed by atoms with Crippen LogP contribution in [0.2, 0.25) is 0 Å². The van der Waals surface area contributed by atoms with Crippen molar-refractivity contribution >= 4 is 5.96 Å². The van der Waals surface area contributed by atoms with Gasteiger partial charge in [-0.25, -0.2) is 0 Å². The van der Waals surface area contributed by atoms with Crippen LogP contribution in [0.25, 0.3) is 0 Å². The number of rotatable bonds is 7. The largest absolute Gasteiger partial charge is 0.377 e. The highest BCUT2D eigenvalue weighted by Crippen LogP contribution is 2.15. The number of hydrogen-bond acceptors (Lipinski definition) is 3. The van der Waals surface area contributed by atoms with E-state index >= 15 is 0 Å². The van der Waals surface area contributed by atoms with Gasteiger partial charge in [0.15, 0.2) is 5.96 Å². The summed E-state index contributed by atoms with van der Waals surface area (Å²) < 4.78 is 5.38. The van der Waals surface area contributed by atoms with E-state index < -0.39 is 0 Å². The summed E-state index contributed by atoms with van der Waals surface area (Å²) in [6.07, 6.45) is 6.63. The van der Waals surface area contributed by atoms with E-state index in [0.717, 1.165) is 64.7 Å². The summed E-state index contributed by atoms with van der Waals surface area (Å²) in [7, 11) is 0. The fourth-order valence-electron chi connectivity index (χ4n) is 3.92. The minimum absolute atomic E-state index is 0.508. The summed E-state index contributed by atoms with van der Waals surface area (Å²) >= 11 is 0. The molecule has 3 rings (SSSR count). The van der Waals surface area contributed by atoms with Crippen molar-refractivity contribution < 1.29 is 4.74 Å². The van der Waals surface area contributed by atoms with Gasteiger partial charge in [0.2, 0.25) is 0 Å². The van der Waals surface area contributed by atoms with Gasteiger partial charge in [-0.2, -0.15) is 0 Å². The Kier molecular flexibility index (Phi) is 8.37. The molecular weight excluding hydrogens is 348 g/mol. The quantitative estimate of drug-likeness (QED) is 0.430. The van der Waals surface area contributed by atoms with Crippen LogP contribution in [0, 0.1) is 6.92 Å². The third-order valence-corrected chi connectivity index (χ3v) is 5.52. The van der Waals surface area contributed by atoms with Crippen molar-refractivity contribution in [3.8, 4) is 0 Å². The first-order valence-corrected chi connectivity index (χ1v) is 10.8. The molecule has 5 nitrogen and oxygen atoms in total. The van der Waals surface area contributed by atoms with E-state index in [0.29, 0.717) is 6.04 Å². The molecule has 0 atom stereocenters. The van der Waals surface area contributed by atoms with E-state index in [1.807, 2.05) is 0 Å². The molecule has 28 heavy (non-hydrogen) atoms. The van der Waals surface area contributed by atoms with Gasteiger partial charge in [-0.1, -0.05) is 41.5 Å². The number of nitrogens with one attached hydrogen (secondary N) is 2. The predicted octanol–water partition coefficient (Wildman–Crippen LogP) is 3.25. The number of piperidine rings is 1. The molecule has 0 bridgehead atoms. The van der Waals surface area contributed by atoms with E-state index in [1.165, 1.54) is 29.5 Å². The van der Waals surface area contributed by atoms with Crippen LogP contribution < -0.4 is 10.6 Å². The molecular formula is C23H36N4O. The van der Waals surface area contributed by atoms with Crippen LogP contribution in [0.3, 0.4) is 0 Å². The van der Waals surface area contributed by atoms with Crippen LogP contribution in [-0.2, 0) is 11.3 Å². The van der Waals surface area contributed by atoms with Gasteiger partial charge >= 0.3 is 0 Å². The lowest BCUT2D eigenvalue weighted by atomic mass is 10.0. The van der Waals surface area contributed by atoms with E-state index in [1.54, 1.807) is 0 Å². The second-order valence-corrected chi connectivity index (χ2v) is 7.88. The SMILES string of the molecule is CCNC(=NCCC1=CCOCC1)NC1CCN(Cc2cccc(C)c2)CC1. The lowest BCUT2D eigenvalue weighted by Crippen LogP contribution is -2.48. The van der Waals surface area contributed by atoms with Crippen LogP contribution in [-0.4, -0.2) is 56.3 Å². The van der Waals surface area contributed by atoms with Gasteiger partial charge in [-0.3, -0.25) is 9.89 Å². The molecule has 2 heterocycles. The second kappa shape index (κ2) is 11.2. The number of benzene rings is 1. The van der Waals surface area contributed by atoms with Crippen LogP contribution in [0.5, 0.6) is 0 Å². The molecule has 5 heteroatoms. The van der Waals surface area contributed by atoms with Crippen molar-refractivity contribution in [3.05, 3.63) is 47.0 Å². The maximum absolute atomic E-state index is 5.38. The van der Waals surface area contributed by atoms with Crippen LogP contribution in [0.4, 0.5) is 0 Å². The molecule has 1 fully saturated rings.